The molecule has 3 heteroatoms. The molecule has 0 amide bonds. The van der Waals surface area contributed by atoms with Crippen LogP contribution in [0.25, 0.3) is 0 Å². The van der Waals surface area contributed by atoms with E-state index in [1.807, 2.05) is 6.20 Å². The van der Waals surface area contributed by atoms with E-state index in [-0.39, 0.29) is 0 Å². The maximum Gasteiger partial charge on any atom is 0.0674 e. The molecule has 0 saturated carbocycles. The van der Waals surface area contributed by atoms with Crippen molar-refractivity contribution in [3.05, 3.63) is 60.2 Å². The van der Waals surface area contributed by atoms with Crippen molar-refractivity contribution in [1.82, 2.24) is 14.9 Å². The van der Waals surface area contributed by atoms with Gasteiger partial charge in [-0.25, -0.2) is 0 Å². The lowest BCUT2D eigenvalue weighted by molar-refractivity contribution is 0.221. The molecule has 3 nitrogen and oxygen atoms in total. The molecular formula is C17H21N3. The first kappa shape index (κ1) is 13.3. The summed E-state index contributed by atoms with van der Waals surface area (Å²) in [6.45, 7) is 3.47. The Morgan fingerprint density at radius 1 is 1.00 bits per heavy atom. The molecule has 1 aliphatic heterocycles. The molecule has 1 atom stereocenters. The molecule has 1 fully saturated rings. The maximum absolute atomic E-state index is 4.53. The van der Waals surface area contributed by atoms with Crippen LogP contribution in [0.4, 0.5) is 0 Å². The van der Waals surface area contributed by atoms with Crippen molar-refractivity contribution in [2.45, 2.75) is 25.2 Å². The van der Waals surface area contributed by atoms with E-state index in [0.29, 0.717) is 5.92 Å². The average molecular weight is 267 g/mol. The molecule has 20 heavy (non-hydrogen) atoms. The van der Waals surface area contributed by atoms with Crippen LogP contribution in [0, 0.1) is 0 Å². The van der Waals surface area contributed by atoms with Crippen LogP contribution in [0.3, 0.4) is 0 Å². The molecule has 104 valence electrons. The van der Waals surface area contributed by atoms with Gasteiger partial charge in [-0.05, 0) is 31.5 Å². The molecule has 1 saturated heterocycles. The van der Waals surface area contributed by atoms with Crippen LogP contribution in [0.1, 0.15) is 36.4 Å². The predicted octanol–water partition coefficient (Wildman–Crippen LogP) is 3.09. The zero-order valence-corrected chi connectivity index (χ0v) is 11.8. The van der Waals surface area contributed by atoms with E-state index in [2.05, 4.69) is 45.2 Å². The maximum atomic E-state index is 4.53. The van der Waals surface area contributed by atoms with E-state index in [4.69, 9.17) is 0 Å². The van der Waals surface area contributed by atoms with Gasteiger partial charge in [0, 0.05) is 31.1 Å². The monoisotopic (exact) mass is 267 g/mol. The molecule has 2 heterocycles. The second-order valence-corrected chi connectivity index (χ2v) is 5.45. The largest absolute Gasteiger partial charge is 0.302 e. The summed E-state index contributed by atoms with van der Waals surface area (Å²) in [5, 5.41) is 0. The number of aromatic nitrogens is 2. The number of hydrogen-bond acceptors (Lipinski definition) is 3. The Balaban J connectivity index is 1.83. The van der Waals surface area contributed by atoms with Gasteiger partial charge in [-0.3, -0.25) is 9.97 Å². The molecule has 0 N–H and O–H groups in total. The molecule has 0 bridgehead atoms. The lowest BCUT2D eigenvalue weighted by Gasteiger charge is -2.30. The summed E-state index contributed by atoms with van der Waals surface area (Å²) < 4.78 is 0. The molecule has 3 rings (SSSR count). The molecule has 1 aromatic carbocycles. The highest BCUT2D eigenvalue weighted by atomic mass is 15.1. The van der Waals surface area contributed by atoms with Gasteiger partial charge in [-0.15, -0.1) is 0 Å². The van der Waals surface area contributed by atoms with Crippen molar-refractivity contribution in [2.75, 3.05) is 19.6 Å². The Bertz CT molecular complexity index is 467. The Hall–Kier alpha value is -1.74. The molecule has 1 aromatic heterocycles. The van der Waals surface area contributed by atoms with Gasteiger partial charge in [0.15, 0.2) is 0 Å². The molecular weight excluding hydrogens is 246 g/mol. The summed E-state index contributed by atoms with van der Waals surface area (Å²) in [5.41, 5.74) is 2.41. The molecule has 0 spiro atoms. The van der Waals surface area contributed by atoms with Crippen molar-refractivity contribution in [3.8, 4) is 0 Å². The number of piperidine rings is 1. The molecule has 2 aromatic rings. The van der Waals surface area contributed by atoms with Gasteiger partial charge in [-0.2, -0.15) is 0 Å². The third-order valence-corrected chi connectivity index (χ3v) is 4.03. The Labute approximate surface area is 120 Å². The van der Waals surface area contributed by atoms with E-state index in [0.717, 1.165) is 12.2 Å². The van der Waals surface area contributed by atoms with Gasteiger partial charge in [0.05, 0.1) is 5.69 Å². The lowest BCUT2D eigenvalue weighted by Crippen LogP contribution is -2.34. The lowest BCUT2D eigenvalue weighted by atomic mass is 9.94. The number of likely N-dealkylation sites (tertiary alicyclic amines) is 1. The first-order valence-corrected chi connectivity index (χ1v) is 7.47. The third-order valence-electron chi connectivity index (χ3n) is 4.03. The molecule has 1 aliphatic rings. The quantitative estimate of drug-likeness (QED) is 0.852. The van der Waals surface area contributed by atoms with E-state index < -0.39 is 0 Å². The van der Waals surface area contributed by atoms with Gasteiger partial charge in [0.2, 0.25) is 0 Å². The second kappa shape index (κ2) is 6.62. The zero-order valence-electron chi connectivity index (χ0n) is 11.8. The van der Waals surface area contributed by atoms with Gasteiger partial charge in [-0.1, -0.05) is 36.8 Å². The topological polar surface area (TPSA) is 29.0 Å². The van der Waals surface area contributed by atoms with Crippen molar-refractivity contribution in [2.24, 2.45) is 0 Å². The second-order valence-electron chi connectivity index (χ2n) is 5.45. The SMILES string of the molecule is c1ccc([C@@H](CN2CCCCC2)c2cnccn2)cc1. The number of nitrogens with zero attached hydrogens (tertiary/aromatic N) is 3. The van der Waals surface area contributed by atoms with Crippen LogP contribution in [-0.4, -0.2) is 34.5 Å². The smallest absolute Gasteiger partial charge is 0.0674 e. The Morgan fingerprint density at radius 2 is 1.80 bits per heavy atom. The van der Waals surface area contributed by atoms with Crippen molar-refractivity contribution in [3.63, 3.8) is 0 Å². The number of rotatable bonds is 4. The first-order valence-electron chi connectivity index (χ1n) is 7.47. The zero-order chi connectivity index (χ0) is 13.6. The Kier molecular flexibility index (Phi) is 4.38. The highest BCUT2D eigenvalue weighted by molar-refractivity contribution is 5.27. The number of hydrogen-bond donors (Lipinski definition) is 0. The van der Waals surface area contributed by atoms with Crippen molar-refractivity contribution >= 4 is 0 Å². The third kappa shape index (κ3) is 3.23. The van der Waals surface area contributed by atoms with Crippen LogP contribution in [0.2, 0.25) is 0 Å². The van der Waals surface area contributed by atoms with Crippen LogP contribution in [0.15, 0.2) is 48.9 Å². The number of benzene rings is 1. The summed E-state index contributed by atoms with van der Waals surface area (Å²) in [5.74, 6) is 0.322. The molecule has 0 radical (unpaired) electrons. The Morgan fingerprint density at radius 3 is 2.50 bits per heavy atom. The van der Waals surface area contributed by atoms with E-state index in [9.17, 15) is 0 Å². The first-order chi connectivity index (χ1) is 9.93. The fourth-order valence-electron chi connectivity index (χ4n) is 2.95. The summed E-state index contributed by atoms with van der Waals surface area (Å²) in [6, 6.07) is 10.7. The van der Waals surface area contributed by atoms with E-state index in [1.165, 1.54) is 37.9 Å². The fourth-order valence-corrected chi connectivity index (χ4v) is 2.95. The molecule has 0 aliphatic carbocycles. The highest BCUT2D eigenvalue weighted by Crippen LogP contribution is 2.24. The average Bonchev–Trinajstić information content (AvgIpc) is 2.55. The van der Waals surface area contributed by atoms with E-state index >= 15 is 0 Å². The van der Waals surface area contributed by atoms with Gasteiger partial charge in [0.1, 0.15) is 0 Å². The standard InChI is InChI=1S/C17H21N3/c1-3-7-15(8-4-1)16(17-13-18-9-10-19-17)14-20-11-5-2-6-12-20/h1,3-4,7-10,13,16H,2,5-6,11-12,14H2/t16-/m1/s1. The van der Waals surface area contributed by atoms with Crippen LogP contribution in [0.5, 0.6) is 0 Å². The van der Waals surface area contributed by atoms with Crippen molar-refractivity contribution < 1.29 is 0 Å². The molecule has 0 unspecified atom stereocenters. The summed E-state index contributed by atoms with van der Waals surface area (Å²) >= 11 is 0. The summed E-state index contributed by atoms with van der Waals surface area (Å²) in [7, 11) is 0. The van der Waals surface area contributed by atoms with Gasteiger partial charge >= 0.3 is 0 Å². The van der Waals surface area contributed by atoms with E-state index in [1.54, 1.807) is 12.4 Å². The highest BCUT2D eigenvalue weighted by Gasteiger charge is 2.20. The summed E-state index contributed by atoms with van der Waals surface area (Å²) in [6.07, 6.45) is 9.46. The fraction of sp³-hybridized carbons (Fsp3) is 0.412. The predicted molar refractivity (Wildman–Crippen MR) is 80.6 cm³/mol. The summed E-state index contributed by atoms with van der Waals surface area (Å²) in [4.78, 5) is 11.3. The minimum absolute atomic E-state index is 0.322. The minimum Gasteiger partial charge on any atom is -0.302 e. The van der Waals surface area contributed by atoms with Gasteiger partial charge in [0.25, 0.3) is 0 Å². The van der Waals surface area contributed by atoms with Crippen LogP contribution >= 0.6 is 0 Å². The normalized spacial score (nSPS) is 17.8. The van der Waals surface area contributed by atoms with Gasteiger partial charge < -0.3 is 4.90 Å². The van der Waals surface area contributed by atoms with Crippen molar-refractivity contribution in [1.29, 1.82) is 0 Å². The van der Waals surface area contributed by atoms with Crippen LogP contribution in [-0.2, 0) is 0 Å². The van der Waals surface area contributed by atoms with Crippen LogP contribution < -0.4 is 0 Å². The minimum atomic E-state index is 0.322.